The van der Waals surface area contributed by atoms with Gasteiger partial charge in [-0.15, -0.1) is 0 Å². The van der Waals surface area contributed by atoms with Crippen molar-refractivity contribution in [1.29, 1.82) is 0 Å². The number of hydrogen-bond acceptors (Lipinski definition) is 4. The normalized spacial score (nSPS) is 26.8. The van der Waals surface area contributed by atoms with Crippen LogP contribution in [-0.2, 0) is 5.41 Å². The van der Waals surface area contributed by atoms with Crippen molar-refractivity contribution in [3.05, 3.63) is 59.4 Å². The van der Waals surface area contributed by atoms with Crippen molar-refractivity contribution in [3.63, 3.8) is 0 Å². The van der Waals surface area contributed by atoms with E-state index in [1.165, 1.54) is 0 Å². The number of aliphatic hydroxyl groups is 1. The maximum atomic E-state index is 13.2. The van der Waals surface area contributed by atoms with E-state index in [2.05, 4.69) is 16.9 Å². The number of amides is 1. The van der Waals surface area contributed by atoms with Gasteiger partial charge in [-0.2, -0.15) is 0 Å². The maximum Gasteiger partial charge on any atom is 0.254 e. The molecule has 1 aliphatic carbocycles. The first kappa shape index (κ1) is 16.3. The molecule has 0 saturated carbocycles. The molecule has 2 aromatic carbocycles. The monoisotopic (exact) mass is 363 g/mol. The molecule has 1 aromatic heterocycles. The number of piperidine rings is 1. The molecule has 2 unspecified atom stereocenters. The minimum Gasteiger partial charge on any atom is -0.508 e. The minimum atomic E-state index is -0.756. The van der Waals surface area contributed by atoms with Gasteiger partial charge < -0.3 is 20.1 Å². The van der Waals surface area contributed by atoms with Gasteiger partial charge in [0.25, 0.3) is 5.91 Å². The van der Waals surface area contributed by atoms with Gasteiger partial charge in [0.2, 0.25) is 0 Å². The zero-order valence-corrected chi connectivity index (χ0v) is 15.0. The number of carbonyl (C=O) groups excluding carboxylic acids is 1. The molecule has 1 saturated heterocycles. The Balaban J connectivity index is 1.52. The van der Waals surface area contributed by atoms with Gasteiger partial charge in [-0.1, -0.05) is 13.0 Å². The van der Waals surface area contributed by atoms with E-state index < -0.39 is 6.10 Å². The van der Waals surface area contributed by atoms with Gasteiger partial charge in [-0.05, 0) is 59.7 Å². The Labute approximate surface area is 156 Å². The van der Waals surface area contributed by atoms with Crippen molar-refractivity contribution in [2.24, 2.45) is 0 Å². The highest BCUT2D eigenvalue weighted by atomic mass is 16.3. The van der Waals surface area contributed by atoms with E-state index in [0.29, 0.717) is 18.5 Å². The van der Waals surface area contributed by atoms with Crippen molar-refractivity contribution in [1.82, 2.24) is 14.9 Å². The molecule has 1 fully saturated rings. The van der Waals surface area contributed by atoms with Gasteiger partial charge in [0.15, 0.2) is 0 Å². The molecule has 2 aliphatic rings. The van der Waals surface area contributed by atoms with Gasteiger partial charge in [-0.3, -0.25) is 4.79 Å². The molecule has 138 valence electrons. The lowest BCUT2D eigenvalue weighted by molar-refractivity contribution is -0.00636. The molecule has 1 amide bonds. The Hall–Kier alpha value is -2.86. The average molecular weight is 363 g/mol. The summed E-state index contributed by atoms with van der Waals surface area (Å²) >= 11 is 0. The van der Waals surface area contributed by atoms with Crippen LogP contribution in [0, 0.1) is 0 Å². The van der Waals surface area contributed by atoms with Crippen LogP contribution in [0.25, 0.3) is 11.0 Å². The summed E-state index contributed by atoms with van der Waals surface area (Å²) in [4.78, 5) is 22.3. The Morgan fingerprint density at radius 2 is 2.15 bits per heavy atom. The first-order valence-corrected chi connectivity index (χ1v) is 9.22. The molecule has 6 heteroatoms. The van der Waals surface area contributed by atoms with Crippen LogP contribution in [0.3, 0.4) is 0 Å². The predicted molar refractivity (Wildman–Crippen MR) is 101 cm³/mol. The maximum absolute atomic E-state index is 13.2. The molecule has 0 spiro atoms. The van der Waals surface area contributed by atoms with Crippen molar-refractivity contribution in [2.75, 3.05) is 6.54 Å². The number of fused-ring (bicyclic) bond motifs is 5. The molecule has 2 heterocycles. The average Bonchev–Trinajstić information content (AvgIpc) is 3.14. The van der Waals surface area contributed by atoms with Crippen LogP contribution in [0.15, 0.2) is 42.7 Å². The van der Waals surface area contributed by atoms with Crippen LogP contribution in [0.5, 0.6) is 5.75 Å². The lowest BCUT2D eigenvalue weighted by Gasteiger charge is -2.51. The third-order valence-electron chi connectivity index (χ3n) is 6.26. The number of rotatable bonds is 1. The molecule has 3 atom stereocenters. The van der Waals surface area contributed by atoms with E-state index in [1.54, 1.807) is 35.5 Å². The fourth-order valence-corrected chi connectivity index (χ4v) is 4.75. The van der Waals surface area contributed by atoms with Crippen LogP contribution in [-0.4, -0.2) is 43.6 Å². The second-order valence-corrected chi connectivity index (χ2v) is 7.93. The van der Waals surface area contributed by atoms with Crippen molar-refractivity contribution < 1.29 is 15.0 Å². The van der Waals surface area contributed by atoms with Gasteiger partial charge in [0, 0.05) is 12.1 Å². The Morgan fingerprint density at radius 1 is 1.30 bits per heavy atom. The van der Waals surface area contributed by atoms with E-state index in [9.17, 15) is 15.0 Å². The summed E-state index contributed by atoms with van der Waals surface area (Å²) in [5, 5.41) is 20.9. The summed E-state index contributed by atoms with van der Waals surface area (Å²) in [5.74, 6) is 0.145. The number of H-pyrrole nitrogens is 1. The zero-order valence-electron chi connectivity index (χ0n) is 15.0. The van der Waals surface area contributed by atoms with Gasteiger partial charge in [-0.25, -0.2) is 4.98 Å². The number of likely N-dealkylation sites (tertiary alicyclic amines) is 1. The predicted octanol–water partition coefficient (Wildman–Crippen LogP) is 2.88. The van der Waals surface area contributed by atoms with E-state index >= 15 is 0 Å². The Bertz CT molecular complexity index is 1060. The third-order valence-corrected chi connectivity index (χ3v) is 6.26. The number of carbonyl (C=O) groups is 1. The zero-order chi connectivity index (χ0) is 18.8. The van der Waals surface area contributed by atoms with Gasteiger partial charge in [0.1, 0.15) is 5.75 Å². The SMILES string of the molecule is C[C@@]12CCN(C(=O)c3ccc4nc[nH]c4c3)C(C1)C(O)c1ccc(O)cc12. The highest BCUT2D eigenvalue weighted by molar-refractivity contribution is 5.97. The summed E-state index contributed by atoms with van der Waals surface area (Å²) in [5.41, 5.74) is 3.91. The molecule has 3 N–H and O–H groups in total. The Morgan fingerprint density at radius 3 is 3.00 bits per heavy atom. The van der Waals surface area contributed by atoms with E-state index in [1.807, 2.05) is 12.1 Å². The molecule has 3 aromatic rings. The van der Waals surface area contributed by atoms with Crippen LogP contribution in [0.1, 0.15) is 47.4 Å². The molecular formula is C21H21N3O3. The first-order chi connectivity index (χ1) is 13.0. The summed E-state index contributed by atoms with van der Waals surface area (Å²) in [6.45, 7) is 2.73. The number of aromatic amines is 1. The number of imidazole rings is 1. The summed E-state index contributed by atoms with van der Waals surface area (Å²) in [6.07, 6.45) is 2.34. The highest BCUT2D eigenvalue weighted by Gasteiger charge is 2.48. The van der Waals surface area contributed by atoms with Crippen molar-refractivity contribution in [3.8, 4) is 5.75 Å². The number of aromatic hydroxyl groups is 1. The van der Waals surface area contributed by atoms with Crippen molar-refractivity contribution in [2.45, 2.75) is 37.3 Å². The van der Waals surface area contributed by atoms with Gasteiger partial charge in [0.05, 0.1) is 29.5 Å². The number of aliphatic hydroxyl groups excluding tert-OH is 1. The van der Waals surface area contributed by atoms with Crippen LogP contribution >= 0.6 is 0 Å². The number of benzene rings is 2. The third kappa shape index (κ3) is 2.36. The minimum absolute atomic E-state index is 0.0696. The topological polar surface area (TPSA) is 89.5 Å². The number of aromatic nitrogens is 2. The Kier molecular flexibility index (Phi) is 3.37. The van der Waals surface area contributed by atoms with Crippen molar-refractivity contribution >= 4 is 16.9 Å². The van der Waals surface area contributed by atoms with Crippen LogP contribution in [0.4, 0.5) is 0 Å². The van der Waals surface area contributed by atoms with Crippen LogP contribution < -0.4 is 0 Å². The molecule has 2 bridgehead atoms. The highest BCUT2D eigenvalue weighted by Crippen LogP contribution is 2.49. The molecule has 1 aliphatic heterocycles. The van der Waals surface area contributed by atoms with Gasteiger partial charge >= 0.3 is 0 Å². The number of nitrogens with zero attached hydrogens (tertiary/aromatic N) is 2. The summed E-state index contributed by atoms with van der Waals surface area (Å²) in [6, 6.07) is 10.3. The molecular weight excluding hydrogens is 342 g/mol. The molecule has 5 rings (SSSR count). The second-order valence-electron chi connectivity index (χ2n) is 7.93. The van der Waals surface area contributed by atoms with E-state index in [0.717, 1.165) is 28.6 Å². The fourth-order valence-electron chi connectivity index (χ4n) is 4.75. The number of phenolic OH excluding ortho intramolecular Hbond substituents is 1. The lowest BCUT2D eigenvalue weighted by atomic mass is 9.64. The second kappa shape index (κ2) is 5.57. The van der Waals surface area contributed by atoms with E-state index in [-0.39, 0.29) is 23.1 Å². The number of hydrogen-bond donors (Lipinski definition) is 3. The molecule has 27 heavy (non-hydrogen) atoms. The largest absolute Gasteiger partial charge is 0.508 e. The number of phenols is 1. The summed E-state index contributed by atoms with van der Waals surface area (Å²) < 4.78 is 0. The fraction of sp³-hybridized carbons (Fsp3) is 0.333. The molecule has 6 nitrogen and oxygen atoms in total. The standard InChI is InChI=1S/C21H21N3O3/c1-21-6-7-24(20(27)12-2-5-16-17(8-12)23-11-22-16)18(10-21)19(26)14-4-3-13(25)9-15(14)21/h2-5,8-9,11,18-19,25-26H,6-7,10H2,1H3,(H,22,23)/t18?,19?,21-/m1/s1. The number of nitrogens with one attached hydrogen (secondary N) is 1. The first-order valence-electron chi connectivity index (χ1n) is 9.22. The lowest BCUT2D eigenvalue weighted by Crippen LogP contribution is -2.55. The van der Waals surface area contributed by atoms with E-state index in [4.69, 9.17) is 0 Å². The smallest absolute Gasteiger partial charge is 0.254 e. The quantitative estimate of drug-likeness (QED) is 0.620. The molecule has 0 radical (unpaired) electrons. The summed E-state index contributed by atoms with van der Waals surface area (Å²) in [7, 11) is 0. The van der Waals surface area contributed by atoms with Crippen LogP contribution in [0.2, 0.25) is 0 Å².